The highest BCUT2D eigenvalue weighted by Gasteiger charge is 2.36. The number of carbonyl (C=O) groups excluding carboxylic acids is 1. The maximum Gasteiger partial charge on any atom is 0.326 e. The highest BCUT2D eigenvalue weighted by atomic mass is 16.4. The second-order valence-corrected chi connectivity index (χ2v) is 3.49. The third-order valence-corrected chi connectivity index (χ3v) is 2.52. The fourth-order valence-corrected chi connectivity index (χ4v) is 1.76. The van der Waals surface area contributed by atoms with Crippen LogP contribution in [-0.2, 0) is 16.1 Å². The van der Waals surface area contributed by atoms with Gasteiger partial charge in [-0.25, -0.2) is 4.79 Å². The Morgan fingerprint density at radius 1 is 1.67 bits per heavy atom. The van der Waals surface area contributed by atoms with Crippen LogP contribution in [0.3, 0.4) is 0 Å². The molecule has 1 N–H and O–H groups in total. The fourth-order valence-electron chi connectivity index (χ4n) is 1.76. The molecule has 1 aromatic heterocycles. The second-order valence-electron chi connectivity index (χ2n) is 3.49. The maximum absolute atomic E-state index is 11.4. The van der Waals surface area contributed by atoms with Gasteiger partial charge in [-0.1, -0.05) is 0 Å². The van der Waals surface area contributed by atoms with Gasteiger partial charge in [0.05, 0.1) is 12.8 Å². The monoisotopic (exact) mass is 209 g/mol. The van der Waals surface area contributed by atoms with Crippen LogP contribution in [0.4, 0.5) is 0 Å². The zero-order valence-electron chi connectivity index (χ0n) is 8.05. The van der Waals surface area contributed by atoms with Gasteiger partial charge in [-0.3, -0.25) is 4.79 Å². The van der Waals surface area contributed by atoms with Crippen LogP contribution in [-0.4, -0.2) is 27.9 Å². The zero-order chi connectivity index (χ0) is 10.8. The Morgan fingerprint density at radius 3 is 3.07 bits per heavy atom. The minimum atomic E-state index is -0.951. The molecule has 0 unspecified atom stereocenters. The first-order chi connectivity index (χ1) is 7.18. The van der Waals surface area contributed by atoms with Crippen molar-refractivity contribution in [2.24, 2.45) is 0 Å². The van der Waals surface area contributed by atoms with E-state index in [1.165, 1.54) is 11.2 Å². The van der Waals surface area contributed by atoms with E-state index in [-0.39, 0.29) is 12.5 Å². The summed E-state index contributed by atoms with van der Waals surface area (Å²) < 4.78 is 5.09. The van der Waals surface area contributed by atoms with Gasteiger partial charge < -0.3 is 14.4 Å². The number of carboxylic acid groups (broad SMARTS) is 1. The van der Waals surface area contributed by atoms with Gasteiger partial charge in [-0.15, -0.1) is 0 Å². The predicted molar refractivity (Wildman–Crippen MR) is 49.9 cm³/mol. The molecule has 0 aromatic carbocycles. The summed E-state index contributed by atoms with van der Waals surface area (Å²) in [5, 5.41) is 8.91. The summed E-state index contributed by atoms with van der Waals surface area (Å²) in [6, 6.07) is 2.73. The van der Waals surface area contributed by atoms with Crippen LogP contribution in [0.2, 0.25) is 0 Å². The molecule has 1 fully saturated rings. The summed E-state index contributed by atoms with van der Waals surface area (Å²) in [5.74, 6) is -0.470. The Morgan fingerprint density at radius 2 is 2.47 bits per heavy atom. The minimum absolute atomic E-state index is 0.126. The number of furan rings is 1. The van der Waals surface area contributed by atoms with Crippen LogP contribution >= 0.6 is 0 Å². The second kappa shape index (κ2) is 3.76. The molecule has 0 aliphatic carbocycles. The summed E-state index contributed by atoms with van der Waals surface area (Å²) in [7, 11) is 0. The van der Waals surface area contributed by atoms with Crippen LogP contribution in [0.15, 0.2) is 22.8 Å². The minimum Gasteiger partial charge on any atom is -0.480 e. The van der Waals surface area contributed by atoms with Crippen molar-refractivity contribution in [1.29, 1.82) is 0 Å². The molecule has 2 rings (SSSR count). The molecule has 0 radical (unpaired) electrons. The van der Waals surface area contributed by atoms with E-state index in [2.05, 4.69) is 0 Å². The molecular weight excluding hydrogens is 198 g/mol. The van der Waals surface area contributed by atoms with E-state index in [0.717, 1.165) is 0 Å². The highest BCUT2D eigenvalue weighted by molar-refractivity contribution is 5.87. The van der Waals surface area contributed by atoms with Gasteiger partial charge in [0.1, 0.15) is 11.8 Å². The molecule has 0 spiro atoms. The molecule has 1 aliphatic rings. The normalized spacial score (nSPS) is 20.9. The first-order valence-electron chi connectivity index (χ1n) is 4.73. The van der Waals surface area contributed by atoms with Crippen LogP contribution in [0.25, 0.3) is 0 Å². The van der Waals surface area contributed by atoms with Gasteiger partial charge in [0.2, 0.25) is 5.91 Å². The smallest absolute Gasteiger partial charge is 0.326 e. The molecule has 2 heterocycles. The summed E-state index contributed by atoms with van der Waals surface area (Å²) in [4.78, 5) is 23.6. The van der Waals surface area contributed by atoms with Gasteiger partial charge in [0.25, 0.3) is 0 Å². The Balaban J connectivity index is 2.11. The molecule has 5 nitrogen and oxygen atoms in total. The van der Waals surface area contributed by atoms with Crippen molar-refractivity contribution in [3.8, 4) is 0 Å². The number of hydrogen-bond donors (Lipinski definition) is 1. The summed E-state index contributed by atoms with van der Waals surface area (Å²) in [5.41, 5.74) is 0. The number of amides is 1. The van der Waals surface area contributed by atoms with Crippen molar-refractivity contribution >= 4 is 11.9 Å². The van der Waals surface area contributed by atoms with Gasteiger partial charge in [-0.2, -0.15) is 0 Å². The van der Waals surface area contributed by atoms with Crippen molar-refractivity contribution < 1.29 is 19.1 Å². The van der Waals surface area contributed by atoms with E-state index in [0.29, 0.717) is 18.6 Å². The molecule has 1 amide bonds. The topological polar surface area (TPSA) is 70.8 Å². The fraction of sp³-hybridized carbons (Fsp3) is 0.400. The zero-order valence-corrected chi connectivity index (χ0v) is 8.05. The van der Waals surface area contributed by atoms with Crippen molar-refractivity contribution in [2.75, 3.05) is 0 Å². The van der Waals surface area contributed by atoms with E-state index in [1.807, 2.05) is 0 Å². The van der Waals surface area contributed by atoms with Crippen molar-refractivity contribution in [3.05, 3.63) is 24.2 Å². The van der Waals surface area contributed by atoms with Crippen molar-refractivity contribution in [3.63, 3.8) is 0 Å². The molecule has 5 heteroatoms. The van der Waals surface area contributed by atoms with Gasteiger partial charge in [-0.05, 0) is 18.6 Å². The van der Waals surface area contributed by atoms with Crippen LogP contribution < -0.4 is 0 Å². The number of carbonyl (C=O) groups is 2. The molecule has 1 aromatic rings. The number of likely N-dealkylation sites (tertiary alicyclic amines) is 1. The molecule has 80 valence electrons. The predicted octanol–water partition coefficient (Wildman–Crippen LogP) is 0.855. The molecule has 15 heavy (non-hydrogen) atoms. The van der Waals surface area contributed by atoms with Gasteiger partial charge >= 0.3 is 5.97 Å². The first kappa shape index (κ1) is 9.76. The molecule has 0 saturated carbocycles. The van der Waals surface area contributed by atoms with Gasteiger partial charge in [0.15, 0.2) is 0 Å². The van der Waals surface area contributed by atoms with E-state index in [9.17, 15) is 9.59 Å². The first-order valence-corrected chi connectivity index (χ1v) is 4.73. The lowest BCUT2D eigenvalue weighted by Gasteiger charge is -2.19. The molecule has 1 aliphatic heterocycles. The summed E-state index contributed by atoms with van der Waals surface area (Å²) in [6.45, 7) is 0.239. The lowest BCUT2D eigenvalue weighted by Crippen LogP contribution is -2.37. The third-order valence-electron chi connectivity index (χ3n) is 2.52. The standard InChI is InChI=1S/C10H11NO4/c12-9-4-3-8(10(13)14)11(9)6-7-2-1-5-15-7/h1-2,5,8H,3-4,6H2,(H,13,14)/t8-/m1/s1. The average Bonchev–Trinajstić information content (AvgIpc) is 2.78. The number of rotatable bonds is 3. The third kappa shape index (κ3) is 1.86. The molecule has 1 saturated heterocycles. The Hall–Kier alpha value is -1.78. The number of nitrogens with zero attached hydrogens (tertiary/aromatic N) is 1. The summed E-state index contributed by atoms with van der Waals surface area (Å²) in [6.07, 6.45) is 2.19. The van der Waals surface area contributed by atoms with Crippen molar-refractivity contribution in [1.82, 2.24) is 4.90 Å². The highest BCUT2D eigenvalue weighted by Crippen LogP contribution is 2.21. The Kier molecular flexibility index (Phi) is 2.45. The van der Waals surface area contributed by atoms with E-state index in [4.69, 9.17) is 9.52 Å². The van der Waals surface area contributed by atoms with Crippen LogP contribution in [0, 0.1) is 0 Å². The van der Waals surface area contributed by atoms with Crippen LogP contribution in [0.1, 0.15) is 18.6 Å². The average molecular weight is 209 g/mol. The van der Waals surface area contributed by atoms with E-state index in [1.54, 1.807) is 12.1 Å². The van der Waals surface area contributed by atoms with Crippen LogP contribution in [0.5, 0.6) is 0 Å². The number of carboxylic acids is 1. The van der Waals surface area contributed by atoms with E-state index >= 15 is 0 Å². The molecule has 1 atom stereocenters. The number of aliphatic carboxylic acids is 1. The quantitative estimate of drug-likeness (QED) is 0.801. The summed E-state index contributed by atoms with van der Waals surface area (Å²) >= 11 is 0. The Bertz CT molecular complexity index is 371. The van der Waals surface area contributed by atoms with E-state index < -0.39 is 12.0 Å². The van der Waals surface area contributed by atoms with Gasteiger partial charge in [0, 0.05) is 6.42 Å². The lowest BCUT2D eigenvalue weighted by atomic mass is 10.2. The lowest BCUT2D eigenvalue weighted by molar-refractivity contribution is -0.146. The number of hydrogen-bond acceptors (Lipinski definition) is 3. The molecular formula is C10H11NO4. The molecule has 0 bridgehead atoms. The van der Waals surface area contributed by atoms with Crippen molar-refractivity contribution in [2.45, 2.75) is 25.4 Å². The Labute approximate surface area is 86.3 Å². The largest absolute Gasteiger partial charge is 0.480 e. The maximum atomic E-state index is 11.4. The SMILES string of the molecule is O=C(O)[C@H]1CCC(=O)N1Cc1ccco1.